The van der Waals surface area contributed by atoms with Gasteiger partial charge in [0.25, 0.3) is 0 Å². The van der Waals surface area contributed by atoms with E-state index < -0.39 is 16.1 Å². The van der Waals surface area contributed by atoms with Gasteiger partial charge in [-0.3, -0.25) is 0 Å². The third-order valence-electron chi connectivity index (χ3n) is 2.60. The van der Waals surface area contributed by atoms with E-state index in [9.17, 15) is 8.42 Å². The average Bonchev–Trinajstić information content (AvgIpc) is 2.92. The van der Waals surface area contributed by atoms with Crippen molar-refractivity contribution in [3.63, 3.8) is 0 Å². The number of sulfonamides is 1. The van der Waals surface area contributed by atoms with Crippen molar-refractivity contribution in [2.45, 2.75) is 17.9 Å². The first-order valence-corrected chi connectivity index (χ1v) is 7.08. The minimum absolute atomic E-state index is 0.0316. The Hall–Kier alpha value is -2.10. The smallest absolute Gasteiger partial charge is 0.242 e. The molecule has 2 rings (SSSR count). The fourth-order valence-electron chi connectivity index (χ4n) is 1.69. The Morgan fingerprint density at radius 3 is 2.63 bits per heavy atom. The van der Waals surface area contributed by atoms with E-state index in [-0.39, 0.29) is 10.5 Å². The Kier molecular flexibility index (Phi) is 3.69. The number of rotatable bonds is 4. The van der Waals surface area contributed by atoms with Crippen molar-refractivity contribution >= 4 is 10.0 Å². The fraction of sp³-hybridized carbons (Fsp3) is 0.154. The van der Waals surface area contributed by atoms with Gasteiger partial charge in [0.2, 0.25) is 10.0 Å². The molecule has 0 bridgehead atoms. The lowest BCUT2D eigenvalue weighted by Crippen LogP contribution is -2.27. The molecule has 1 aromatic carbocycles. The summed E-state index contributed by atoms with van der Waals surface area (Å²) < 4.78 is 32.0. The molecule has 1 aromatic heterocycles. The van der Waals surface area contributed by atoms with Gasteiger partial charge in [0.1, 0.15) is 11.8 Å². The molecule has 1 heterocycles. The number of hydrogen-bond donors (Lipinski definition) is 1. The van der Waals surface area contributed by atoms with Gasteiger partial charge >= 0.3 is 0 Å². The first-order valence-electron chi connectivity index (χ1n) is 5.59. The molecule has 6 heteroatoms. The Morgan fingerprint density at radius 1 is 1.26 bits per heavy atom. The lowest BCUT2D eigenvalue weighted by atomic mass is 10.2. The summed E-state index contributed by atoms with van der Waals surface area (Å²) in [5.74, 6) is 0.512. The molecule has 2 aromatic rings. The Morgan fingerprint density at radius 2 is 2.00 bits per heavy atom. The Balaban J connectivity index is 2.31. The number of hydrogen-bond acceptors (Lipinski definition) is 4. The van der Waals surface area contributed by atoms with Crippen LogP contribution in [0.25, 0.3) is 0 Å². The topological polar surface area (TPSA) is 83.1 Å². The van der Waals surface area contributed by atoms with Crippen LogP contribution in [0.5, 0.6) is 0 Å². The summed E-state index contributed by atoms with van der Waals surface area (Å²) in [7, 11) is -3.76. The number of furan rings is 1. The molecule has 0 spiro atoms. The monoisotopic (exact) mass is 276 g/mol. The van der Waals surface area contributed by atoms with Crippen LogP contribution in [0.2, 0.25) is 0 Å². The maximum absolute atomic E-state index is 12.2. The third kappa shape index (κ3) is 2.84. The standard InChI is InChI=1S/C13H12N2O3S/c1-10(12-6-4-8-18-12)15-19(16,17)13-7-3-2-5-11(13)9-14/h2-8,10,15H,1H3/t10-/m0/s1. The van der Waals surface area contributed by atoms with E-state index in [2.05, 4.69) is 4.72 Å². The van der Waals surface area contributed by atoms with E-state index in [0.29, 0.717) is 5.76 Å². The molecule has 0 aliphatic rings. The van der Waals surface area contributed by atoms with Gasteiger partial charge in [-0.25, -0.2) is 13.1 Å². The van der Waals surface area contributed by atoms with E-state index in [1.165, 1.54) is 18.4 Å². The van der Waals surface area contributed by atoms with Gasteiger partial charge in [0.15, 0.2) is 0 Å². The van der Waals surface area contributed by atoms with Crippen LogP contribution < -0.4 is 4.72 Å². The summed E-state index contributed by atoms with van der Waals surface area (Å²) in [6, 6.07) is 10.8. The number of nitrogens with one attached hydrogen (secondary N) is 1. The molecule has 0 unspecified atom stereocenters. The number of benzene rings is 1. The van der Waals surface area contributed by atoms with Gasteiger partial charge in [-0.05, 0) is 31.2 Å². The van der Waals surface area contributed by atoms with Crippen LogP contribution in [0.4, 0.5) is 0 Å². The predicted molar refractivity (Wildman–Crippen MR) is 68.6 cm³/mol. The summed E-state index contributed by atoms with van der Waals surface area (Å²) >= 11 is 0. The van der Waals surface area contributed by atoms with Crippen LogP contribution >= 0.6 is 0 Å². The van der Waals surface area contributed by atoms with Crippen molar-refractivity contribution in [2.75, 3.05) is 0 Å². The van der Waals surface area contributed by atoms with Gasteiger partial charge in [-0.1, -0.05) is 12.1 Å². The second-order valence-electron chi connectivity index (χ2n) is 3.97. The zero-order valence-corrected chi connectivity index (χ0v) is 11.0. The lowest BCUT2D eigenvalue weighted by molar-refractivity contribution is 0.459. The van der Waals surface area contributed by atoms with Gasteiger partial charge in [-0.15, -0.1) is 0 Å². The van der Waals surface area contributed by atoms with Crippen LogP contribution in [-0.4, -0.2) is 8.42 Å². The summed E-state index contributed by atoms with van der Waals surface area (Å²) in [4.78, 5) is -0.0316. The first-order chi connectivity index (χ1) is 9.04. The van der Waals surface area contributed by atoms with E-state index in [1.807, 2.05) is 6.07 Å². The molecule has 0 amide bonds. The highest BCUT2D eigenvalue weighted by molar-refractivity contribution is 7.89. The molecule has 98 valence electrons. The van der Waals surface area contributed by atoms with E-state index >= 15 is 0 Å². The summed E-state index contributed by atoms with van der Waals surface area (Å²) in [6.07, 6.45) is 1.48. The van der Waals surface area contributed by atoms with Crippen molar-refractivity contribution in [3.8, 4) is 6.07 Å². The van der Waals surface area contributed by atoms with Gasteiger partial charge in [0, 0.05) is 0 Å². The summed E-state index contributed by atoms with van der Waals surface area (Å²) in [6.45, 7) is 1.67. The second kappa shape index (κ2) is 5.26. The minimum atomic E-state index is -3.76. The van der Waals surface area contributed by atoms with Crippen LogP contribution in [0.3, 0.4) is 0 Å². The van der Waals surface area contributed by atoms with E-state index in [0.717, 1.165) is 0 Å². The van der Waals surface area contributed by atoms with Crippen molar-refractivity contribution in [1.82, 2.24) is 4.72 Å². The number of nitrogens with zero attached hydrogens (tertiary/aromatic N) is 1. The molecule has 0 aliphatic carbocycles. The normalized spacial score (nSPS) is 12.8. The van der Waals surface area contributed by atoms with Gasteiger partial charge in [0.05, 0.1) is 22.8 Å². The SMILES string of the molecule is C[C@H](NS(=O)(=O)c1ccccc1C#N)c1ccco1. The lowest BCUT2D eigenvalue weighted by Gasteiger charge is -2.12. The average molecular weight is 276 g/mol. The van der Waals surface area contributed by atoms with Crippen LogP contribution in [0, 0.1) is 11.3 Å². The highest BCUT2D eigenvalue weighted by Gasteiger charge is 2.22. The zero-order chi connectivity index (χ0) is 13.9. The number of nitriles is 1. The van der Waals surface area contributed by atoms with Crippen LogP contribution in [0.15, 0.2) is 52.0 Å². The second-order valence-corrected chi connectivity index (χ2v) is 5.65. The first kappa shape index (κ1) is 13.3. The van der Waals surface area contributed by atoms with E-state index in [1.54, 1.807) is 31.2 Å². The minimum Gasteiger partial charge on any atom is -0.468 e. The quantitative estimate of drug-likeness (QED) is 0.927. The van der Waals surface area contributed by atoms with Gasteiger partial charge < -0.3 is 4.42 Å². The van der Waals surface area contributed by atoms with Crippen molar-refractivity contribution in [1.29, 1.82) is 5.26 Å². The predicted octanol–water partition coefficient (Wildman–Crippen LogP) is 2.19. The molecular weight excluding hydrogens is 264 g/mol. The Bertz CT molecular complexity index is 700. The fourth-order valence-corrected chi connectivity index (χ4v) is 3.05. The molecule has 0 radical (unpaired) electrons. The molecule has 1 atom stereocenters. The molecule has 0 saturated heterocycles. The molecule has 5 nitrogen and oxygen atoms in total. The maximum atomic E-state index is 12.2. The highest BCUT2D eigenvalue weighted by atomic mass is 32.2. The molecule has 0 saturated carbocycles. The Labute approximate surface area is 111 Å². The largest absolute Gasteiger partial charge is 0.468 e. The molecule has 0 aliphatic heterocycles. The van der Waals surface area contributed by atoms with Crippen molar-refractivity contribution < 1.29 is 12.8 Å². The van der Waals surface area contributed by atoms with Crippen LogP contribution in [0.1, 0.15) is 24.3 Å². The third-order valence-corrected chi connectivity index (χ3v) is 4.20. The van der Waals surface area contributed by atoms with Crippen molar-refractivity contribution in [2.24, 2.45) is 0 Å². The summed E-state index contributed by atoms with van der Waals surface area (Å²) in [5, 5.41) is 8.94. The molecule has 1 N–H and O–H groups in total. The van der Waals surface area contributed by atoms with Crippen molar-refractivity contribution in [3.05, 3.63) is 54.0 Å². The molecular formula is C13H12N2O3S. The van der Waals surface area contributed by atoms with Crippen LogP contribution in [-0.2, 0) is 10.0 Å². The molecule has 19 heavy (non-hydrogen) atoms. The summed E-state index contributed by atoms with van der Waals surface area (Å²) in [5.41, 5.74) is 0.113. The maximum Gasteiger partial charge on any atom is 0.242 e. The van der Waals surface area contributed by atoms with E-state index in [4.69, 9.17) is 9.68 Å². The van der Waals surface area contributed by atoms with Gasteiger partial charge in [-0.2, -0.15) is 5.26 Å². The highest BCUT2D eigenvalue weighted by Crippen LogP contribution is 2.19. The zero-order valence-electron chi connectivity index (χ0n) is 10.2. The molecule has 0 fully saturated rings.